The number of nitrogens with two attached hydrogens (primary N) is 1. The molecule has 0 saturated carbocycles. The zero-order valence-electron chi connectivity index (χ0n) is 12.5. The van der Waals surface area contributed by atoms with Crippen LogP contribution in [0.1, 0.15) is 11.4 Å². The Balaban J connectivity index is 2.40. The molecule has 0 saturated heterocycles. The van der Waals surface area contributed by atoms with Gasteiger partial charge in [-0.25, -0.2) is 13.8 Å². The number of hydrogen-bond donors (Lipinski definition) is 1. The van der Waals surface area contributed by atoms with E-state index in [1.165, 1.54) is 4.57 Å². The summed E-state index contributed by atoms with van der Waals surface area (Å²) >= 11 is 0. The number of aromatic nitrogens is 2. The number of halogens is 2. The zero-order valence-corrected chi connectivity index (χ0v) is 12.5. The smallest absolute Gasteiger partial charge is 0.265 e. The molecule has 0 radical (unpaired) electrons. The van der Waals surface area contributed by atoms with Gasteiger partial charge in [-0.15, -0.1) is 0 Å². The molecule has 2 aromatic carbocycles. The lowest BCUT2D eigenvalue weighted by Gasteiger charge is -2.14. The molecule has 0 aliphatic carbocycles. The van der Waals surface area contributed by atoms with Crippen molar-refractivity contribution in [1.82, 2.24) is 9.55 Å². The van der Waals surface area contributed by atoms with E-state index in [0.29, 0.717) is 23.1 Å². The van der Waals surface area contributed by atoms with Gasteiger partial charge in [-0.3, -0.25) is 9.36 Å². The van der Waals surface area contributed by atoms with Crippen LogP contribution in [0, 0.1) is 18.6 Å². The summed E-state index contributed by atoms with van der Waals surface area (Å²) in [5.74, 6) is -1.13. The van der Waals surface area contributed by atoms with E-state index >= 15 is 0 Å². The van der Waals surface area contributed by atoms with Crippen molar-refractivity contribution in [3.63, 3.8) is 0 Å². The maximum absolute atomic E-state index is 13.5. The molecule has 3 aromatic rings. The average molecular weight is 315 g/mol. The van der Waals surface area contributed by atoms with Crippen molar-refractivity contribution in [1.29, 1.82) is 0 Å². The predicted octanol–water partition coefficient (Wildman–Crippen LogP) is 2.47. The number of para-hydroxylation sites is 1. The average Bonchev–Trinajstić information content (AvgIpc) is 2.48. The van der Waals surface area contributed by atoms with Crippen LogP contribution in [-0.4, -0.2) is 16.1 Å². The van der Waals surface area contributed by atoms with Gasteiger partial charge in [-0.2, -0.15) is 0 Å². The van der Waals surface area contributed by atoms with Crippen LogP contribution in [0.15, 0.2) is 41.2 Å². The zero-order chi connectivity index (χ0) is 16.6. The highest BCUT2D eigenvalue weighted by atomic mass is 19.1. The third kappa shape index (κ3) is 2.73. The fourth-order valence-electron chi connectivity index (χ4n) is 2.63. The number of benzene rings is 2. The Kier molecular flexibility index (Phi) is 3.92. The Morgan fingerprint density at radius 1 is 1.17 bits per heavy atom. The second kappa shape index (κ2) is 5.89. The summed E-state index contributed by atoms with van der Waals surface area (Å²) in [4.78, 5) is 17.3. The Labute approximate surface area is 131 Å². The first-order valence-corrected chi connectivity index (χ1v) is 7.19. The van der Waals surface area contributed by atoms with Gasteiger partial charge in [0.1, 0.15) is 17.5 Å². The van der Waals surface area contributed by atoms with Crippen LogP contribution in [-0.2, 0) is 6.42 Å². The summed E-state index contributed by atoms with van der Waals surface area (Å²) in [6.45, 7) is 2.12. The Hall–Kier alpha value is -2.60. The molecule has 0 spiro atoms. The van der Waals surface area contributed by atoms with E-state index < -0.39 is 11.6 Å². The lowest BCUT2D eigenvalue weighted by Crippen LogP contribution is -2.26. The van der Waals surface area contributed by atoms with Gasteiger partial charge >= 0.3 is 0 Å². The van der Waals surface area contributed by atoms with E-state index in [1.807, 2.05) is 13.0 Å². The summed E-state index contributed by atoms with van der Waals surface area (Å²) in [5.41, 5.74) is 6.77. The lowest BCUT2D eigenvalue weighted by molar-refractivity contribution is 0.580. The van der Waals surface area contributed by atoms with Gasteiger partial charge in [0.05, 0.1) is 16.6 Å². The van der Waals surface area contributed by atoms with Crippen molar-refractivity contribution >= 4 is 10.9 Å². The highest BCUT2D eigenvalue weighted by Crippen LogP contribution is 2.18. The molecule has 0 aliphatic heterocycles. The first-order valence-electron chi connectivity index (χ1n) is 7.19. The van der Waals surface area contributed by atoms with Gasteiger partial charge in [-0.1, -0.05) is 12.1 Å². The van der Waals surface area contributed by atoms with Crippen LogP contribution in [0.3, 0.4) is 0 Å². The Morgan fingerprint density at radius 2 is 1.87 bits per heavy atom. The van der Waals surface area contributed by atoms with E-state index in [0.717, 1.165) is 23.8 Å². The first-order chi connectivity index (χ1) is 11.0. The highest BCUT2D eigenvalue weighted by molar-refractivity contribution is 5.81. The molecule has 1 heterocycles. The molecule has 6 heteroatoms. The van der Waals surface area contributed by atoms with Crippen molar-refractivity contribution in [3.05, 3.63) is 69.8 Å². The lowest BCUT2D eigenvalue weighted by atomic mass is 10.1. The normalized spacial score (nSPS) is 11.1. The second-order valence-electron chi connectivity index (χ2n) is 5.31. The molecule has 0 amide bonds. The summed E-state index contributed by atoms with van der Waals surface area (Å²) in [7, 11) is 0. The Morgan fingerprint density at radius 3 is 2.52 bits per heavy atom. The number of nitrogens with zero attached hydrogens (tertiary/aromatic N) is 2. The topological polar surface area (TPSA) is 60.9 Å². The van der Waals surface area contributed by atoms with Gasteiger partial charge in [0, 0.05) is 12.5 Å². The molecule has 4 nitrogen and oxygen atoms in total. The molecule has 0 bridgehead atoms. The van der Waals surface area contributed by atoms with Crippen LogP contribution < -0.4 is 11.3 Å². The maximum Gasteiger partial charge on any atom is 0.265 e. The minimum Gasteiger partial charge on any atom is -0.330 e. The van der Waals surface area contributed by atoms with E-state index in [2.05, 4.69) is 4.98 Å². The fourth-order valence-corrected chi connectivity index (χ4v) is 2.63. The summed E-state index contributed by atoms with van der Waals surface area (Å²) in [6, 6.07) is 8.22. The summed E-state index contributed by atoms with van der Waals surface area (Å²) in [6.07, 6.45) is 0.317. The SMILES string of the molecule is Cc1cccc2c(=O)n(-c3cc(F)cc(F)c3)c(CCN)nc12. The van der Waals surface area contributed by atoms with E-state index in [-0.39, 0.29) is 17.8 Å². The third-order valence-corrected chi connectivity index (χ3v) is 3.64. The fraction of sp³-hybridized carbons (Fsp3) is 0.176. The minimum atomic E-state index is -0.755. The van der Waals surface area contributed by atoms with Crippen molar-refractivity contribution in [2.75, 3.05) is 6.54 Å². The van der Waals surface area contributed by atoms with Gasteiger partial charge in [0.15, 0.2) is 0 Å². The third-order valence-electron chi connectivity index (χ3n) is 3.64. The quantitative estimate of drug-likeness (QED) is 0.808. The maximum atomic E-state index is 13.5. The first kappa shape index (κ1) is 15.3. The summed E-state index contributed by atoms with van der Waals surface area (Å²) in [5, 5.41) is 0.399. The number of fused-ring (bicyclic) bond motifs is 1. The summed E-state index contributed by atoms with van der Waals surface area (Å²) < 4.78 is 28.3. The molecule has 0 unspecified atom stereocenters. The van der Waals surface area contributed by atoms with E-state index in [9.17, 15) is 13.6 Å². The van der Waals surface area contributed by atoms with Crippen LogP contribution in [0.2, 0.25) is 0 Å². The van der Waals surface area contributed by atoms with Crippen LogP contribution in [0.25, 0.3) is 16.6 Å². The molecule has 3 rings (SSSR count). The van der Waals surface area contributed by atoms with Gasteiger partial charge in [-0.05, 0) is 37.2 Å². The Bertz CT molecular complexity index is 930. The molecule has 1 aromatic heterocycles. The van der Waals surface area contributed by atoms with Crippen molar-refractivity contribution in [2.24, 2.45) is 5.73 Å². The molecule has 118 valence electrons. The number of aryl methyl sites for hydroxylation is 1. The molecule has 0 aliphatic rings. The van der Waals surface area contributed by atoms with E-state index in [1.54, 1.807) is 12.1 Å². The van der Waals surface area contributed by atoms with E-state index in [4.69, 9.17) is 5.73 Å². The van der Waals surface area contributed by atoms with Crippen LogP contribution >= 0.6 is 0 Å². The molecule has 2 N–H and O–H groups in total. The monoisotopic (exact) mass is 315 g/mol. The standard InChI is InChI=1S/C17H15F2N3O/c1-10-3-2-4-14-16(10)21-15(5-6-20)22(17(14)23)13-8-11(18)7-12(19)9-13/h2-4,7-9H,5-6,20H2,1H3. The van der Waals surface area contributed by atoms with Gasteiger partial charge < -0.3 is 5.73 Å². The van der Waals surface area contributed by atoms with Crippen LogP contribution in [0.5, 0.6) is 0 Å². The second-order valence-corrected chi connectivity index (χ2v) is 5.31. The molecule has 23 heavy (non-hydrogen) atoms. The number of rotatable bonds is 3. The molecular weight excluding hydrogens is 300 g/mol. The van der Waals surface area contributed by atoms with Crippen molar-refractivity contribution < 1.29 is 8.78 Å². The highest BCUT2D eigenvalue weighted by Gasteiger charge is 2.14. The van der Waals surface area contributed by atoms with Gasteiger partial charge in [0.25, 0.3) is 5.56 Å². The molecule has 0 fully saturated rings. The van der Waals surface area contributed by atoms with Crippen molar-refractivity contribution in [3.8, 4) is 5.69 Å². The van der Waals surface area contributed by atoms with Crippen LogP contribution in [0.4, 0.5) is 8.78 Å². The molecule has 0 atom stereocenters. The van der Waals surface area contributed by atoms with Crippen molar-refractivity contribution in [2.45, 2.75) is 13.3 Å². The minimum absolute atomic E-state index is 0.104. The van der Waals surface area contributed by atoms with Gasteiger partial charge in [0.2, 0.25) is 0 Å². The number of hydrogen-bond acceptors (Lipinski definition) is 3. The largest absolute Gasteiger partial charge is 0.330 e. The molecular formula is C17H15F2N3O. The predicted molar refractivity (Wildman–Crippen MR) is 84.8 cm³/mol.